The number of carboxylic acid groups (broad SMARTS) is 1. The summed E-state index contributed by atoms with van der Waals surface area (Å²) in [5.74, 6) is -1.16. The minimum absolute atomic E-state index is 0.00806. The molecule has 4 N–H and O–H groups in total. The molecule has 0 aliphatic rings. The highest BCUT2D eigenvalue weighted by atomic mass is 16.4. The van der Waals surface area contributed by atoms with Crippen LogP contribution in [-0.2, 0) is 9.59 Å². The van der Waals surface area contributed by atoms with E-state index in [1.54, 1.807) is 6.92 Å². The zero-order valence-corrected chi connectivity index (χ0v) is 11.0. The van der Waals surface area contributed by atoms with E-state index in [4.69, 9.17) is 10.8 Å². The van der Waals surface area contributed by atoms with Gasteiger partial charge in [0.2, 0.25) is 5.91 Å². The van der Waals surface area contributed by atoms with Crippen LogP contribution in [0.25, 0.3) is 0 Å². The van der Waals surface area contributed by atoms with E-state index in [2.05, 4.69) is 5.32 Å². The standard InChI is InChI=1S/C11H21N3O4/c1-7(2)14(6-4-5-9(15)16)10(17)8(3)13-11(12)18/h7-8H,4-6H2,1-3H3,(H,15,16)(H3,12,13,18). The lowest BCUT2D eigenvalue weighted by Gasteiger charge is -2.29. The highest BCUT2D eigenvalue weighted by Crippen LogP contribution is 2.05. The predicted octanol–water partition coefficient (Wildman–Crippen LogP) is 0.145. The minimum atomic E-state index is -0.894. The van der Waals surface area contributed by atoms with E-state index < -0.39 is 18.0 Å². The van der Waals surface area contributed by atoms with Crippen LogP contribution in [0.2, 0.25) is 0 Å². The molecule has 0 spiro atoms. The Morgan fingerprint density at radius 3 is 2.22 bits per heavy atom. The van der Waals surface area contributed by atoms with Gasteiger partial charge in [0.1, 0.15) is 6.04 Å². The number of hydrogen-bond acceptors (Lipinski definition) is 3. The van der Waals surface area contributed by atoms with E-state index >= 15 is 0 Å². The van der Waals surface area contributed by atoms with Gasteiger partial charge in [0.05, 0.1) is 0 Å². The molecule has 0 rings (SSSR count). The Hall–Kier alpha value is -1.79. The van der Waals surface area contributed by atoms with Gasteiger partial charge in [0.25, 0.3) is 0 Å². The Kier molecular flexibility index (Phi) is 6.77. The summed E-state index contributed by atoms with van der Waals surface area (Å²) in [7, 11) is 0. The van der Waals surface area contributed by atoms with E-state index in [0.717, 1.165) is 0 Å². The molecule has 0 saturated heterocycles. The molecule has 0 aromatic carbocycles. The maximum absolute atomic E-state index is 12.0. The van der Waals surface area contributed by atoms with E-state index in [9.17, 15) is 14.4 Å². The van der Waals surface area contributed by atoms with Crippen molar-refractivity contribution in [3.63, 3.8) is 0 Å². The van der Waals surface area contributed by atoms with Gasteiger partial charge in [-0.25, -0.2) is 4.79 Å². The maximum atomic E-state index is 12.0. The number of carbonyl (C=O) groups is 3. The lowest BCUT2D eigenvalue weighted by Crippen LogP contribution is -2.50. The van der Waals surface area contributed by atoms with Crippen molar-refractivity contribution >= 4 is 17.9 Å². The second kappa shape index (κ2) is 7.52. The Morgan fingerprint density at radius 1 is 1.28 bits per heavy atom. The van der Waals surface area contributed by atoms with Crippen molar-refractivity contribution in [3.05, 3.63) is 0 Å². The molecule has 18 heavy (non-hydrogen) atoms. The van der Waals surface area contributed by atoms with Gasteiger partial charge in [-0.05, 0) is 27.2 Å². The van der Waals surface area contributed by atoms with Gasteiger partial charge in [-0.3, -0.25) is 9.59 Å². The summed E-state index contributed by atoms with van der Waals surface area (Å²) in [6.45, 7) is 5.54. The number of hydrogen-bond donors (Lipinski definition) is 3. The third-order valence-electron chi connectivity index (χ3n) is 2.43. The summed E-state index contributed by atoms with van der Waals surface area (Å²) in [4.78, 5) is 34.6. The molecule has 104 valence electrons. The fourth-order valence-electron chi connectivity index (χ4n) is 1.55. The van der Waals surface area contributed by atoms with Crippen molar-refractivity contribution in [2.24, 2.45) is 5.73 Å². The number of urea groups is 1. The SMILES string of the molecule is CC(NC(N)=O)C(=O)N(CCCC(=O)O)C(C)C. The van der Waals surface area contributed by atoms with E-state index in [0.29, 0.717) is 13.0 Å². The van der Waals surface area contributed by atoms with Gasteiger partial charge in [-0.1, -0.05) is 0 Å². The van der Waals surface area contributed by atoms with Crippen molar-refractivity contribution in [3.8, 4) is 0 Å². The van der Waals surface area contributed by atoms with Crippen LogP contribution >= 0.6 is 0 Å². The van der Waals surface area contributed by atoms with Crippen molar-refractivity contribution in [2.75, 3.05) is 6.54 Å². The van der Waals surface area contributed by atoms with Crippen molar-refractivity contribution in [1.29, 1.82) is 0 Å². The van der Waals surface area contributed by atoms with Crippen LogP contribution in [0.15, 0.2) is 0 Å². The third-order valence-corrected chi connectivity index (χ3v) is 2.43. The molecular weight excluding hydrogens is 238 g/mol. The number of carboxylic acids is 1. The average molecular weight is 259 g/mol. The van der Waals surface area contributed by atoms with Crippen LogP contribution in [0.3, 0.4) is 0 Å². The summed E-state index contributed by atoms with van der Waals surface area (Å²) in [5.41, 5.74) is 4.95. The molecule has 0 saturated carbocycles. The molecule has 0 radical (unpaired) electrons. The van der Waals surface area contributed by atoms with Crippen LogP contribution < -0.4 is 11.1 Å². The Bertz CT molecular complexity index is 317. The molecule has 0 fully saturated rings. The molecule has 0 aromatic heterocycles. The Balaban J connectivity index is 4.44. The van der Waals surface area contributed by atoms with Gasteiger partial charge in [-0.2, -0.15) is 0 Å². The van der Waals surface area contributed by atoms with Crippen LogP contribution in [0.4, 0.5) is 4.79 Å². The topological polar surface area (TPSA) is 113 Å². The Labute approximate surface area is 106 Å². The zero-order chi connectivity index (χ0) is 14.3. The van der Waals surface area contributed by atoms with Crippen LogP contribution in [0.1, 0.15) is 33.6 Å². The molecule has 3 amide bonds. The Morgan fingerprint density at radius 2 is 1.83 bits per heavy atom. The molecule has 7 nitrogen and oxygen atoms in total. The largest absolute Gasteiger partial charge is 0.481 e. The summed E-state index contributed by atoms with van der Waals surface area (Å²) < 4.78 is 0. The molecule has 7 heteroatoms. The molecule has 0 bridgehead atoms. The summed E-state index contributed by atoms with van der Waals surface area (Å²) in [6, 6.07) is -1.54. The fourth-order valence-corrected chi connectivity index (χ4v) is 1.55. The first-order valence-electron chi connectivity index (χ1n) is 5.84. The van der Waals surface area contributed by atoms with E-state index in [-0.39, 0.29) is 18.4 Å². The fraction of sp³-hybridized carbons (Fsp3) is 0.727. The van der Waals surface area contributed by atoms with Crippen molar-refractivity contribution < 1.29 is 19.5 Å². The summed E-state index contributed by atoms with van der Waals surface area (Å²) in [6.07, 6.45) is 0.386. The first-order valence-corrected chi connectivity index (χ1v) is 5.84. The molecule has 0 aliphatic heterocycles. The van der Waals surface area contributed by atoms with Crippen molar-refractivity contribution in [1.82, 2.24) is 10.2 Å². The summed E-state index contributed by atoms with van der Waals surface area (Å²) in [5, 5.41) is 10.9. The molecule has 0 aromatic rings. The lowest BCUT2D eigenvalue weighted by molar-refractivity contribution is -0.139. The molecule has 0 heterocycles. The quantitative estimate of drug-likeness (QED) is 0.603. The second-order valence-electron chi connectivity index (χ2n) is 4.35. The number of primary amides is 1. The van der Waals surface area contributed by atoms with Gasteiger partial charge in [0, 0.05) is 19.0 Å². The molecule has 0 aliphatic carbocycles. The molecule has 1 atom stereocenters. The van der Waals surface area contributed by atoms with E-state index in [1.165, 1.54) is 4.90 Å². The van der Waals surface area contributed by atoms with Crippen LogP contribution in [0.5, 0.6) is 0 Å². The maximum Gasteiger partial charge on any atom is 0.312 e. The number of nitrogens with two attached hydrogens (primary N) is 1. The van der Waals surface area contributed by atoms with Crippen molar-refractivity contribution in [2.45, 2.75) is 45.7 Å². The normalized spacial score (nSPS) is 12.0. The highest BCUT2D eigenvalue weighted by Gasteiger charge is 2.23. The monoisotopic (exact) mass is 259 g/mol. The first-order chi connectivity index (χ1) is 8.25. The number of amides is 3. The van der Waals surface area contributed by atoms with Gasteiger partial charge in [-0.15, -0.1) is 0 Å². The predicted molar refractivity (Wildman–Crippen MR) is 65.9 cm³/mol. The smallest absolute Gasteiger partial charge is 0.312 e. The van der Waals surface area contributed by atoms with Gasteiger partial charge in [0.15, 0.2) is 0 Å². The second-order valence-corrected chi connectivity index (χ2v) is 4.35. The zero-order valence-electron chi connectivity index (χ0n) is 11.0. The summed E-state index contributed by atoms with van der Waals surface area (Å²) >= 11 is 0. The number of nitrogens with one attached hydrogen (secondary N) is 1. The number of rotatable bonds is 7. The number of carbonyl (C=O) groups excluding carboxylic acids is 2. The number of nitrogens with zero attached hydrogens (tertiary/aromatic N) is 1. The van der Waals surface area contributed by atoms with Gasteiger partial charge < -0.3 is 21.1 Å². The molecule has 1 unspecified atom stereocenters. The van der Waals surface area contributed by atoms with Crippen LogP contribution in [0, 0.1) is 0 Å². The first kappa shape index (κ1) is 16.2. The molecular formula is C11H21N3O4. The number of aliphatic carboxylic acids is 1. The van der Waals surface area contributed by atoms with Crippen LogP contribution in [-0.4, -0.2) is 46.5 Å². The van der Waals surface area contributed by atoms with Gasteiger partial charge >= 0.3 is 12.0 Å². The lowest BCUT2D eigenvalue weighted by atomic mass is 10.2. The minimum Gasteiger partial charge on any atom is -0.481 e. The van der Waals surface area contributed by atoms with E-state index in [1.807, 2.05) is 13.8 Å². The average Bonchev–Trinajstić information content (AvgIpc) is 2.21. The third kappa shape index (κ3) is 6.07. The highest BCUT2D eigenvalue weighted by molar-refractivity contribution is 5.86.